The minimum atomic E-state index is -0.914. The maximum atomic E-state index is 10.8. The fourth-order valence-electron chi connectivity index (χ4n) is 1.63. The van der Waals surface area contributed by atoms with E-state index in [4.69, 9.17) is 5.11 Å². The van der Waals surface area contributed by atoms with Gasteiger partial charge in [0.15, 0.2) is 5.78 Å². The van der Waals surface area contributed by atoms with E-state index in [2.05, 4.69) is 0 Å². The van der Waals surface area contributed by atoms with Gasteiger partial charge in [0, 0.05) is 0 Å². The van der Waals surface area contributed by atoms with Crippen LogP contribution in [0.2, 0.25) is 0 Å². The minimum Gasteiger partial charge on any atom is -0.388 e. The van der Waals surface area contributed by atoms with Crippen LogP contribution in [-0.4, -0.2) is 28.7 Å². The highest BCUT2D eigenvalue weighted by Crippen LogP contribution is 2.27. The lowest BCUT2D eigenvalue weighted by Crippen LogP contribution is -2.30. The first-order valence-corrected chi connectivity index (χ1v) is 4.07. The van der Waals surface area contributed by atoms with Crippen LogP contribution in [0.1, 0.15) is 25.7 Å². The van der Waals surface area contributed by atoms with Crippen molar-refractivity contribution in [2.75, 3.05) is 6.61 Å². The summed E-state index contributed by atoms with van der Waals surface area (Å²) < 4.78 is 0. The summed E-state index contributed by atoms with van der Waals surface area (Å²) in [5, 5.41) is 17.8. The van der Waals surface area contributed by atoms with Gasteiger partial charge in [0.2, 0.25) is 0 Å². The van der Waals surface area contributed by atoms with Gasteiger partial charge in [-0.2, -0.15) is 0 Å². The lowest BCUT2D eigenvalue weighted by molar-refractivity contribution is -0.132. The number of aliphatic hydroxyl groups excluding tert-OH is 2. The Labute approximate surface area is 66.0 Å². The predicted octanol–water partition coefficient (Wildman–Crippen LogP) is 0.0989. The van der Waals surface area contributed by atoms with Crippen molar-refractivity contribution in [3.05, 3.63) is 0 Å². The molecule has 0 aromatic carbocycles. The van der Waals surface area contributed by atoms with Gasteiger partial charge in [0.05, 0.1) is 0 Å². The van der Waals surface area contributed by atoms with Gasteiger partial charge in [0.1, 0.15) is 12.7 Å². The SMILES string of the molecule is O=C(CO)C(O)C1CCCC1. The highest BCUT2D eigenvalue weighted by atomic mass is 16.3. The average Bonchev–Trinajstić information content (AvgIpc) is 2.53. The zero-order chi connectivity index (χ0) is 8.27. The number of carbonyl (C=O) groups is 1. The molecule has 1 aliphatic rings. The van der Waals surface area contributed by atoms with Gasteiger partial charge in [-0.3, -0.25) is 4.79 Å². The van der Waals surface area contributed by atoms with E-state index in [9.17, 15) is 9.90 Å². The van der Waals surface area contributed by atoms with E-state index in [1.54, 1.807) is 0 Å². The molecule has 0 saturated heterocycles. The molecule has 0 radical (unpaired) electrons. The second-order valence-corrected chi connectivity index (χ2v) is 3.11. The smallest absolute Gasteiger partial charge is 0.186 e. The molecule has 1 unspecified atom stereocenters. The fraction of sp³-hybridized carbons (Fsp3) is 0.875. The molecule has 0 heterocycles. The average molecular weight is 158 g/mol. The van der Waals surface area contributed by atoms with Crippen LogP contribution < -0.4 is 0 Å². The topological polar surface area (TPSA) is 57.5 Å². The Morgan fingerprint density at radius 1 is 1.45 bits per heavy atom. The van der Waals surface area contributed by atoms with Crippen LogP contribution in [0, 0.1) is 5.92 Å². The van der Waals surface area contributed by atoms with Gasteiger partial charge in [-0.1, -0.05) is 12.8 Å². The molecular weight excluding hydrogens is 144 g/mol. The monoisotopic (exact) mass is 158 g/mol. The Balaban J connectivity index is 2.39. The Morgan fingerprint density at radius 3 is 2.45 bits per heavy atom. The van der Waals surface area contributed by atoms with E-state index in [1.165, 1.54) is 0 Å². The number of ketones is 1. The number of aliphatic hydroxyl groups is 2. The van der Waals surface area contributed by atoms with Gasteiger partial charge in [-0.15, -0.1) is 0 Å². The maximum Gasteiger partial charge on any atom is 0.186 e. The number of hydrogen-bond donors (Lipinski definition) is 2. The lowest BCUT2D eigenvalue weighted by Gasteiger charge is -2.14. The molecule has 0 bridgehead atoms. The third kappa shape index (κ3) is 2.01. The van der Waals surface area contributed by atoms with Crippen molar-refractivity contribution in [3.63, 3.8) is 0 Å². The van der Waals surface area contributed by atoms with Crippen LogP contribution in [0.5, 0.6) is 0 Å². The van der Waals surface area contributed by atoms with E-state index in [0.717, 1.165) is 25.7 Å². The summed E-state index contributed by atoms with van der Waals surface area (Å²) in [6.45, 7) is -0.530. The maximum absolute atomic E-state index is 10.8. The molecule has 3 nitrogen and oxygen atoms in total. The fourth-order valence-corrected chi connectivity index (χ4v) is 1.63. The van der Waals surface area contributed by atoms with Crippen LogP contribution in [-0.2, 0) is 4.79 Å². The highest BCUT2D eigenvalue weighted by molar-refractivity contribution is 5.84. The summed E-state index contributed by atoms with van der Waals surface area (Å²) >= 11 is 0. The third-order valence-electron chi connectivity index (χ3n) is 2.33. The Hall–Kier alpha value is -0.410. The molecule has 0 aromatic heterocycles. The standard InChI is InChI=1S/C8H14O3/c9-5-7(10)8(11)6-3-1-2-4-6/h6,8-9,11H,1-5H2. The molecule has 64 valence electrons. The van der Waals surface area contributed by atoms with E-state index in [1.807, 2.05) is 0 Å². The summed E-state index contributed by atoms with van der Waals surface area (Å²) in [5.74, 6) is -0.327. The second kappa shape index (κ2) is 3.83. The van der Waals surface area contributed by atoms with Gasteiger partial charge in [-0.05, 0) is 18.8 Å². The molecule has 0 aromatic rings. The number of carbonyl (C=O) groups excluding carboxylic acids is 1. The van der Waals surface area contributed by atoms with Gasteiger partial charge < -0.3 is 10.2 Å². The van der Waals surface area contributed by atoms with Gasteiger partial charge in [0.25, 0.3) is 0 Å². The first-order valence-electron chi connectivity index (χ1n) is 4.07. The molecule has 11 heavy (non-hydrogen) atoms. The minimum absolute atomic E-state index is 0.106. The molecule has 1 aliphatic carbocycles. The van der Waals surface area contributed by atoms with E-state index in [-0.39, 0.29) is 5.92 Å². The molecule has 0 spiro atoms. The largest absolute Gasteiger partial charge is 0.388 e. The Morgan fingerprint density at radius 2 is 2.00 bits per heavy atom. The molecule has 0 aliphatic heterocycles. The van der Waals surface area contributed by atoms with Crippen LogP contribution >= 0.6 is 0 Å². The Bertz CT molecular complexity index is 138. The zero-order valence-electron chi connectivity index (χ0n) is 6.49. The zero-order valence-corrected chi connectivity index (χ0v) is 6.49. The van der Waals surface area contributed by atoms with Crippen molar-refractivity contribution in [3.8, 4) is 0 Å². The molecule has 1 atom stereocenters. The van der Waals surface area contributed by atoms with Crippen LogP contribution in [0.3, 0.4) is 0 Å². The second-order valence-electron chi connectivity index (χ2n) is 3.11. The highest BCUT2D eigenvalue weighted by Gasteiger charge is 2.27. The number of rotatable bonds is 3. The van der Waals surface area contributed by atoms with Crippen molar-refractivity contribution < 1.29 is 15.0 Å². The summed E-state index contributed by atoms with van der Waals surface area (Å²) in [5.41, 5.74) is 0. The van der Waals surface area contributed by atoms with Crippen molar-refractivity contribution in [1.29, 1.82) is 0 Å². The summed E-state index contributed by atoms with van der Waals surface area (Å²) in [7, 11) is 0. The molecule has 2 N–H and O–H groups in total. The summed E-state index contributed by atoms with van der Waals surface area (Å²) in [6.07, 6.45) is 3.13. The first-order chi connectivity index (χ1) is 5.25. The van der Waals surface area contributed by atoms with Gasteiger partial charge >= 0.3 is 0 Å². The predicted molar refractivity (Wildman–Crippen MR) is 40.1 cm³/mol. The van der Waals surface area contributed by atoms with Crippen molar-refractivity contribution in [1.82, 2.24) is 0 Å². The van der Waals surface area contributed by atoms with E-state index >= 15 is 0 Å². The Kier molecular flexibility index (Phi) is 3.02. The molecular formula is C8H14O3. The summed E-state index contributed by atoms with van der Waals surface area (Å²) in [6, 6.07) is 0. The van der Waals surface area contributed by atoms with Crippen molar-refractivity contribution >= 4 is 5.78 Å². The molecule has 1 rings (SSSR count). The van der Waals surface area contributed by atoms with Crippen molar-refractivity contribution in [2.45, 2.75) is 31.8 Å². The first kappa shape index (κ1) is 8.68. The molecule has 1 fully saturated rings. The normalized spacial score (nSPS) is 22.0. The van der Waals surface area contributed by atoms with Gasteiger partial charge in [-0.25, -0.2) is 0 Å². The number of Topliss-reactive ketones (excluding diaryl/α,β-unsaturated/α-hetero) is 1. The van der Waals surface area contributed by atoms with E-state index in [0.29, 0.717) is 0 Å². The number of hydrogen-bond acceptors (Lipinski definition) is 3. The van der Waals surface area contributed by atoms with Crippen molar-refractivity contribution in [2.24, 2.45) is 5.92 Å². The quantitative estimate of drug-likeness (QED) is 0.612. The lowest BCUT2D eigenvalue weighted by atomic mass is 9.98. The molecule has 3 heteroatoms. The third-order valence-corrected chi connectivity index (χ3v) is 2.33. The van der Waals surface area contributed by atoms with Crippen LogP contribution in [0.4, 0.5) is 0 Å². The van der Waals surface area contributed by atoms with Crippen LogP contribution in [0.25, 0.3) is 0 Å². The summed E-state index contributed by atoms with van der Waals surface area (Å²) in [4.78, 5) is 10.8. The van der Waals surface area contributed by atoms with Crippen LogP contribution in [0.15, 0.2) is 0 Å². The van der Waals surface area contributed by atoms with E-state index < -0.39 is 18.5 Å². The molecule has 0 amide bonds. The molecule has 1 saturated carbocycles.